The molecule has 1 aromatic heterocycles. The Morgan fingerprint density at radius 1 is 1.17 bits per heavy atom. The number of piperazine rings is 1. The van der Waals surface area contributed by atoms with Gasteiger partial charge in [-0.15, -0.1) is 0 Å². The van der Waals surface area contributed by atoms with Crippen molar-refractivity contribution < 1.29 is 4.42 Å². The largest absolute Gasteiger partial charge is 0.447 e. The molecule has 1 fully saturated rings. The van der Waals surface area contributed by atoms with Gasteiger partial charge in [-0.2, -0.15) is 0 Å². The average Bonchev–Trinajstić information content (AvgIpc) is 2.95. The maximum absolute atomic E-state index is 5.53. The molecule has 4 nitrogen and oxygen atoms in total. The number of nitrogens with one attached hydrogen (secondary N) is 1. The molecule has 1 N–H and O–H groups in total. The van der Waals surface area contributed by atoms with Gasteiger partial charge in [0.2, 0.25) is 5.89 Å². The Bertz CT molecular complexity index is 463. The van der Waals surface area contributed by atoms with Gasteiger partial charge in [0, 0.05) is 26.2 Å². The molecule has 0 saturated carbocycles. The molecule has 1 unspecified atom stereocenters. The standard InChI is InChI=1S/C14H17N3O/c1-2-4-12(5-3-1)13(14-16-8-11-18-14)17-9-6-15-7-10-17/h1-5,8,11,13,15H,6-7,9-10H2. The lowest BCUT2D eigenvalue weighted by Crippen LogP contribution is -2.45. The van der Waals surface area contributed by atoms with Crippen LogP contribution in [-0.4, -0.2) is 36.1 Å². The third-order valence-electron chi connectivity index (χ3n) is 3.32. The van der Waals surface area contributed by atoms with E-state index >= 15 is 0 Å². The van der Waals surface area contributed by atoms with Gasteiger partial charge in [-0.05, 0) is 5.56 Å². The van der Waals surface area contributed by atoms with E-state index in [-0.39, 0.29) is 6.04 Å². The van der Waals surface area contributed by atoms with Crippen LogP contribution in [0.2, 0.25) is 0 Å². The van der Waals surface area contributed by atoms with Crippen LogP contribution in [-0.2, 0) is 0 Å². The predicted molar refractivity (Wildman–Crippen MR) is 69.2 cm³/mol. The fourth-order valence-corrected chi connectivity index (χ4v) is 2.45. The SMILES string of the molecule is c1ccc(C(c2ncco2)N2CCNCC2)cc1. The van der Waals surface area contributed by atoms with E-state index in [9.17, 15) is 0 Å². The highest BCUT2D eigenvalue weighted by Gasteiger charge is 2.26. The highest BCUT2D eigenvalue weighted by Crippen LogP contribution is 2.27. The maximum atomic E-state index is 5.53. The molecule has 0 aliphatic carbocycles. The number of oxazole rings is 1. The lowest BCUT2D eigenvalue weighted by atomic mass is 10.0. The molecule has 1 aromatic carbocycles. The Balaban J connectivity index is 1.93. The molecule has 18 heavy (non-hydrogen) atoms. The summed E-state index contributed by atoms with van der Waals surface area (Å²) >= 11 is 0. The van der Waals surface area contributed by atoms with Crippen molar-refractivity contribution in [2.24, 2.45) is 0 Å². The topological polar surface area (TPSA) is 41.3 Å². The van der Waals surface area contributed by atoms with Crippen molar-refractivity contribution >= 4 is 0 Å². The van der Waals surface area contributed by atoms with E-state index in [0.717, 1.165) is 32.1 Å². The smallest absolute Gasteiger partial charge is 0.215 e. The lowest BCUT2D eigenvalue weighted by molar-refractivity contribution is 0.176. The summed E-state index contributed by atoms with van der Waals surface area (Å²) in [6.07, 6.45) is 3.36. The van der Waals surface area contributed by atoms with Crippen LogP contribution in [0, 0.1) is 0 Å². The van der Waals surface area contributed by atoms with Gasteiger partial charge in [0.25, 0.3) is 0 Å². The first-order valence-corrected chi connectivity index (χ1v) is 6.34. The van der Waals surface area contributed by atoms with Crippen LogP contribution in [0.5, 0.6) is 0 Å². The summed E-state index contributed by atoms with van der Waals surface area (Å²) in [4.78, 5) is 6.75. The first-order valence-electron chi connectivity index (χ1n) is 6.34. The van der Waals surface area contributed by atoms with Gasteiger partial charge in [-0.1, -0.05) is 30.3 Å². The van der Waals surface area contributed by atoms with E-state index in [1.165, 1.54) is 5.56 Å². The first kappa shape index (κ1) is 11.4. The minimum atomic E-state index is 0.128. The monoisotopic (exact) mass is 243 g/mol. The van der Waals surface area contributed by atoms with E-state index in [1.807, 2.05) is 6.07 Å². The van der Waals surface area contributed by atoms with E-state index in [2.05, 4.69) is 39.5 Å². The van der Waals surface area contributed by atoms with Gasteiger partial charge in [-0.25, -0.2) is 4.98 Å². The van der Waals surface area contributed by atoms with Crippen LogP contribution in [0.1, 0.15) is 17.5 Å². The third kappa shape index (κ3) is 2.30. The minimum Gasteiger partial charge on any atom is -0.447 e. The summed E-state index contributed by atoms with van der Waals surface area (Å²) in [5, 5.41) is 3.37. The number of nitrogens with zero attached hydrogens (tertiary/aromatic N) is 2. The molecule has 0 amide bonds. The maximum Gasteiger partial charge on any atom is 0.215 e. The summed E-state index contributed by atoms with van der Waals surface area (Å²) in [6.45, 7) is 4.07. The van der Waals surface area contributed by atoms with Gasteiger partial charge in [0.15, 0.2) is 0 Å². The second kappa shape index (κ2) is 5.33. The molecular formula is C14H17N3O. The van der Waals surface area contributed by atoms with Crippen molar-refractivity contribution in [3.8, 4) is 0 Å². The van der Waals surface area contributed by atoms with Crippen molar-refractivity contribution in [3.63, 3.8) is 0 Å². The molecule has 1 saturated heterocycles. The molecule has 94 valence electrons. The second-order valence-electron chi connectivity index (χ2n) is 4.47. The Morgan fingerprint density at radius 2 is 1.94 bits per heavy atom. The van der Waals surface area contributed by atoms with E-state index in [4.69, 9.17) is 4.42 Å². The number of benzene rings is 1. The number of hydrogen-bond donors (Lipinski definition) is 1. The van der Waals surface area contributed by atoms with Gasteiger partial charge < -0.3 is 9.73 Å². The number of rotatable bonds is 3. The Morgan fingerprint density at radius 3 is 2.61 bits per heavy atom. The summed E-state index contributed by atoms with van der Waals surface area (Å²) in [5.74, 6) is 0.781. The predicted octanol–water partition coefficient (Wildman–Crippen LogP) is 1.67. The molecular weight excluding hydrogens is 226 g/mol. The summed E-state index contributed by atoms with van der Waals surface area (Å²) in [6, 6.07) is 10.6. The minimum absolute atomic E-state index is 0.128. The molecule has 1 aliphatic heterocycles. The molecule has 1 atom stereocenters. The summed E-state index contributed by atoms with van der Waals surface area (Å²) in [5.41, 5.74) is 1.24. The van der Waals surface area contributed by atoms with Crippen molar-refractivity contribution in [2.45, 2.75) is 6.04 Å². The molecule has 0 radical (unpaired) electrons. The zero-order chi connectivity index (χ0) is 12.2. The molecule has 2 aromatic rings. The molecule has 1 aliphatic rings. The Hall–Kier alpha value is -1.65. The van der Waals surface area contributed by atoms with Crippen molar-refractivity contribution in [1.29, 1.82) is 0 Å². The van der Waals surface area contributed by atoms with Crippen LogP contribution in [0.4, 0.5) is 0 Å². The molecule has 0 bridgehead atoms. The molecule has 2 heterocycles. The van der Waals surface area contributed by atoms with Crippen LogP contribution in [0.15, 0.2) is 47.2 Å². The Labute approximate surface area is 107 Å². The van der Waals surface area contributed by atoms with E-state index < -0.39 is 0 Å². The highest BCUT2D eigenvalue weighted by atomic mass is 16.3. The second-order valence-corrected chi connectivity index (χ2v) is 4.47. The van der Waals surface area contributed by atoms with E-state index in [0.29, 0.717) is 0 Å². The first-order chi connectivity index (χ1) is 8.95. The molecule has 3 rings (SSSR count). The summed E-state index contributed by atoms with van der Waals surface area (Å²) < 4.78 is 5.53. The normalized spacial score (nSPS) is 18.7. The van der Waals surface area contributed by atoms with Gasteiger partial charge in [0.05, 0.1) is 6.20 Å². The van der Waals surface area contributed by atoms with Crippen molar-refractivity contribution in [3.05, 3.63) is 54.2 Å². The zero-order valence-electron chi connectivity index (χ0n) is 10.2. The highest BCUT2D eigenvalue weighted by molar-refractivity contribution is 5.24. The van der Waals surface area contributed by atoms with Crippen molar-refractivity contribution in [1.82, 2.24) is 15.2 Å². The van der Waals surface area contributed by atoms with Crippen LogP contribution in [0.3, 0.4) is 0 Å². The van der Waals surface area contributed by atoms with Gasteiger partial charge in [-0.3, -0.25) is 4.90 Å². The van der Waals surface area contributed by atoms with Crippen LogP contribution < -0.4 is 5.32 Å². The Kier molecular flexibility index (Phi) is 3.39. The van der Waals surface area contributed by atoms with E-state index in [1.54, 1.807) is 12.5 Å². The lowest BCUT2D eigenvalue weighted by Gasteiger charge is -2.33. The van der Waals surface area contributed by atoms with Gasteiger partial charge >= 0.3 is 0 Å². The van der Waals surface area contributed by atoms with Crippen LogP contribution in [0.25, 0.3) is 0 Å². The summed E-state index contributed by atoms with van der Waals surface area (Å²) in [7, 11) is 0. The number of aromatic nitrogens is 1. The van der Waals surface area contributed by atoms with Gasteiger partial charge in [0.1, 0.15) is 12.3 Å². The van der Waals surface area contributed by atoms with Crippen LogP contribution >= 0.6 is 0 Å². The van der Waals surface area contributed by atoms with Crippen molar-refractivity contribution in [2.75, 3.05) is 26.2 Å². The fourth-order valence-electron chi connectivity index (χ4n) is 2.45. The molecule has 4 heteroatoms. The molecule has 0 spiro atoms. The third-order valence-corrected chi connectivity index (χ3v) is 3.32. The fraction of sp³-hybridized carbons (Fsp3) is 0.357. The average molecular weight is 243 g/mol. The number of hydrogen-bond acceptors (Lipinski definition) is 4. The quantitative estimate of drug-likeness (QED) is 0.890. The zero-order valence-corrected chi connectivity index (χ0v) is 10.2.